The Morgan fingerprint density at radius 3 is 2.19 bits per heavy atom. The third kappa shape index (κ3) is 11.1. The van der Waals surface area contributed by atoms with Gasteiger partial charge in [0.1, 0.15) is 6.10 Å². The Morgan fingerprint density at radius 2 is 1.48 bits per heavy atom. The predicted octanol–water partition coefficient (Wildman–Crippen LogP) is 7.31. The van der Waals surface area contributed by atoms with E-state index in [2.05, 4.69) is 38.2 Å². The molecule has 1 fully saturated rings. The first-order valence-corrected chi connectivity index (χ1v) is 11.4. The van der Waals surface area contributed by atoms with E-state index >= 15 is 0 Å². The Morgan fingerprint density at radius 1 is 0.815 bits per heavy atom. The third-order valence-corrected chi connectivity index (χ3v) is 5.28. The highest BCUT2D eigenvalue weighted by molar-refractivity contribution is 5.00. The minimum atomic E-state index is -0.906. The normalized spacial score (nSPS) is 25.9. The van der Waals surface area contributed by atoms with Crippen LogP contribution in [0.3, 0.4) is 0 Å². The summed E-state index contributed by atoms with van der Waals surface area (Å²) >= 11 is 0. The largest absolute Gasteiger partial charge is 0.331 e. The van der Waals surface area contributed by atoms with Crippen molar-refractivity contribution >= 4 is 0 Å². The van der Waals surface area contributed by atoms with Gasteiger partial charge in [0.15, 0.2) is 0 Å². The lowest BCUT2D eigenvalue weighted by Crippen LogP contribution is -2.28. The lowest BCUT2D eigenvalue weighted by atomic mass is 10.0. The van der Waals surface area contributed by atoms with E-state index in [0.29, 0.717) is 0 Å². The van der Waals surface area contributed by atoms with E-state index < -0.39 is 5.97 Å². The van der Waals surface area contributed by atoms with Crippen molar-refractivity contribution in [2.24, 2.45) is 0 Å². The predicted molar refractivity (Wildman–Crippen MR) is 115 cm³/mol. The van der Waals surface area contributed by atoms with Crippen LogP contribution in [0.1, 0.15) is 104 Å². The molecular weight excluding hydrogens is 336 g/mol. The summed E-state index contributed by atoms with van der Waals surface area (Å²) in [7, 11) is 1.65. The van der Waals surface area contributed by atoms with Crippen LogP contribution in [0.5, 0.6) is 0 Å². The van der Waals surface area contributed by atoms with Crippen LogP contribution in [0.2, 0.25) is 0 Å². The van der Waals surface area contributed by atoms with E-state index in [-0.39, 0.29) is 12.2 Å². The van der Waals surface area contributed by atoms with Gasteiger partial charge in [-0.1, -0.05) is 95.9 Å². The fourth-order valence-corrected chi connectivity index (χ4v) is 3.50. The summed E-state index contributed by atoms with van der Waals surface area (Å²) in [4.78, 5) is 0. The van der Waals surface area contributed by atoms with Gasteiger partial charge in [-0.15, -0.1) is 0 Å². The van der Waals surface area contributed by atoms with Gasteiger partial charge in [-0.05, 0) is 25.7 Å². The van der Waals surface area contributed by atoms with Crippen LogP contribution < -0.4 is 0 Å². The van der Waals surface area contributed by atoms with Gasteiger partial charge in [0.05, 0.1) is 6.10 Å². The molecule has 0 saturated carbocycles. The van der Waals surface area contributed by atoms with E-state index in [0.717, 1.165) is 12.8 Å². The maximum absolute atomic E-state index is 6.06. The molecule has 0 bridgehead atoms. The summed E-state index contributed by atoms with van der Waals surface area (Å²) in [6.07, 6.45) is 25.3. The number of allylic oxidation sites excluding steroid dienone is 3. The molecule has 0 aromatic carbocycles. The summed E-state index contributed by atoms with van der Waals surface area (Å²) in [6, 6.07) is 0. The van der Waals surface area contributed by atoms with Gasteiger partial charge >= 0.3 is 0 Å². The van der Waals surface area contributed by atoms with Crippen molar-refractivity contribution in [2.75, 3.05) is 7.11 Å². The van der Waals surface area contributed by atoms with Gasteiger partial charge in [-0.2, -0.15) is 0 Å². The molecular formula is C24H44O3. The Hall–Kier alpha value is -0.640. The molecule has 0 aliphatic carbocycles. The SMILES string of the molecule is CCCCC/C=C\C/C=C\[C@@H]1OC(C)(OC)O[C@H]1CCCCCCCCC. The van der Waals surface area contributed by atoms with Crippen molar-refractivity contribution in [1.82, 2.24) is 0 Å². The molecule has 1 heterocycles. The van der Waals surface area contributed by atoms with E-state index in [1.807, 2.05) is 6.92 Å². The number of ether oxygens (including phenoxy) is 3. The van der Waals surface area contributed by atoms with Gasteiger partial charge in [-0.25, -0.2) is 0 Å². The van der Waals surface area contributed by atoms with E-state index in [1.54, 1.807) is 7.11 Å². The smallest absolute Gasteiger partial charge is 0.280 e. The lowest BCUT2D eigenvalue weighted by Gasteiger charge is -2.20. The molecule has 158 valence electrons. The van der Waals surface area contributed by atoms with Crippen LogP contribution in [0.4, 0.5) is 0 Å². The standard InChI is InChI=1S/C24H44O3/c1-5-7-9-11-13-15-17-19-21-23-22(26-24(3,25-4)27-23)20-18-16-14-12-10-8-6-2/h13,15,19,21-23H,5-12,14,16-18,20H2,1-4H3/b15-13-,21-19-/t22-,23-,24?/m0/s1. The lowest BCUT2D eigenvalue weighted by molar-refractivity contribution is -0.316. The van der Waals surface area contributed by atoms with Crippen molar-refractivity contribution in [3.05, 3.63) is 24.3 Å². The van der Waals surface area contributed by atoms with E-state index in [9.17, 15) is 0 Å². The second-order valence-corrected chi connectivity index (χ2v) is 7.85. The molecule has 3 atom stereocenters. The summed E-state index contributed by atoms with van der Waals surface area (Å²) in [5.41, 5.74) is 0. The molecule has 0 spiro atoms. The average Bonchev–Trinajstić information content (AvgIpc) is 2.99. The summed E-state index contributed by atoms with van der Waals surface area (Å²) in [5, 5.41) is 0. The first-order chi connectivity index (χ1) is 13.1. The molecule has 0 aromatic heterocycles. The number of rotatable bonds is 16. The van der Waals surface area contributed by atoms with Gasteiger partial charge < -0.3 is 14.2 Å². The molecule has 0 aromatic rings. The molecule has 0 N–H and O–H groups in total. The molecule has 1 saturated heterocycles. The Balaban J connectivity index is 2.32. The minimum Gasteiger partial charge on any atom is -0.331 e. The fourth-order valence-electron chi connectivity index (χ4n) is 3.50. The highest BCUT2D eigenvalue weighted by atomic mass is 16.9. The van der Waals surface area contributed by atoms with Crippen molar-refractivity contribution < 1.29 is 14.2 Å². The van der Waals surface area contributed by atoms with Crippen LogP contribution in [-0.2, 0) is 14.2 Å². The van der Waals surface area contributed by atoms with Gasteiger partial charge in [-0.3, -0.25) is 0 Å². The zero-order valence-corrected chi connectivity index (χ0v) is 18.4. The average molecular weight is 381 g/mol. The van der Waals surface area contributed by atoms with Gasteiger partial charge in [0, 0.05) is 14.0 Å². The van der Waals surface area contributed by atoms with Crippen molar-refractivity contribution in [2.45, 2.75) is 122 Å². The molecule has 3 nitrogen and oxygen atoms in total. The van der Waals surface area contributed by atoms with Crippen LogP contribution in [0.15, 0.2) is 24.3 Å². The second kappa shape index (κ2) is 15.3. The summed E-state index contributed by atoms with van der Waals surface area (Å²) < 4.78 is 17.5. The Bertz CT molecular complexity index is 404. The molecule has 1 rings (SSSR count). The maximum atomic E-state index is 6.06. The first-order valence-electron chi connectivity index (χ1n) is 11.4. The van der Waals surface area contributed by atoms with Crippen LogP contribution in [-0.4, -0.2) is 25.3 Å². The molecule has 1 unspecified atom stereocenters. The zero-order valence-electron chi connectivity index (χ0n) is 18.4. The van der Waals surface area contributed by atoms with Crippen LogP contribution in [0.25, 0.3) is 0 Å². The molecule has 3 heteroatoms. The van der Waals surface area contributed by atoms with Crippen molar-refractivity contribution in [3.63, 3.8) is 0 Å². The number of methoxy groups -OCH3 is 1. The monoisotopic (exact) mass is 380 g/mol. The number of unbranched alkanes of at least 4 members (excludes halogenated alkanes) is 9. The van der Waals surface area contributed by atoms with Gasteiger partial charge in [0.2, 0.25) is 0 Å². The molecule has 1 aliphatic heterocycles. The topological polar surface area (TPSA) is 27.7 Å². The quantitative estimate of drug-likeness (QED) is 0.207. The molecule has 0 amide bonds. The van der Waals surface area contributed by atoms with Crippen molar-refractivity contribution in [1.29, 1.82) is 0 Å². The molecule has 0 radical (unpaired) electrons. The highest BCUT2D eigenvalue weighted by Crippen LogP contribution is 2.32. The minimum absolute atomic E-state index is 0.0106. The highest BCUT2D eigenvalue weighted by Gasteiger charge is 2.43. The van der Waals surface area contributed by atoms with Gasteiger partial charge in [0.25, 0.3) is 5.97 Å². The van der Waals surface area contributed by atoms with E-state index in [4.69, 9.17) is 14.2 Å². The number of hydrogen-bond donors (Lipinski definition) is 0. The van der Waals surface area contributed by atoms with Crippen LogP contribution >= 0.6 is 0 Å². The number of hydrogen-bond acceptors (Lipinski definition) is 3. The zero-order chi connectivity index (χ0) is 19.8. The fraction of sp³-hybridized carbons (Fsp3) is 0.833. The Kier molecular flexibility index (Phi) is 13.8. The second-order valence-electron chi connectivity index (χ2n) is 7.85. The van der Waals surface area contributed by atoms with E-state index in [1.165, 1.54) is 70.6 Å². The Labute approximate surface area is 168 Å². The molecule has 1 aliphatic rings. The first kappa shape index (κ1) is 24.4. The summed E-state index contributed by atoms with van der Waals surface area (Å²) in [6.45, 7) is 6.37. The van der Waals surface area contributed by atoms with Crippen molar-refractivity contribution in [3.8, 4) is 0 Å². The third-order valence-electron chi connectivity index (χ3n) is 5.28. The van der Waals surface area contributed by atoms with Crippen LogP contribution in [0, 0.1) is 0 Å². The maximum Gasteiger partial charge on any atom is 0.280 e. The molecule has 27 heavy (non-hydrogen) atoms. The summed E-state index contributed by atoms with van der Waals surface area (Å²) in [5.74, 6) is -0.906.